The highest BCUT2D eigenvalue weighted by Gasteiger charge is 2.21. The van der Waals surface area contributed by atoms with E-state index < -0.39 is 0 Å². The Morgan fingerprint density at radius 2 is 2.33 bits per heavy atom. The zero-order chi connectivity index (χ0) is 12.7. The normalized spacial score (nSPS) is 20.4. The molecular formula is C13H16FN3O. The van der Waals surface area contributed by atoms with Crippen LogP contribution in [0.3, 0.4) is 0 Å². The fourth-order valence-electron chi connectivity index (χ4n) is 2.48. The standard InChI is InChI=1S/C13H16FN3O/c1-8-6-10(14)13-9(12(8)15)7-16-17(13)11-4-2-3-5-18-11/h6-7,11H,2-5,15H2,1H3. The van der Waals surface area contributed by atoms with Gasteiger partial charge in [0.25, 0.3) is 0 Å². The van der Waals surface area contributed by atoms with Crippen molar-refractivity contribution in [3.8, 4) is 0 Å². The summed E-state index contributed by atoms with van der Waals surface area (Å²) in [5.41, 5.74) is 7.75. The Morgan fingerprint density at radius 1 is 1.50 bits per heavy atom. The van der Waals surface area contributed by atoms with Gasteiger partial charge in [-0.1, -0.05) is 0 Å². The second-order valence-corrected chi connectivity index (χ2v) is 4.76. The molecule has 1 fully saturated rings. The first-order valence-corrected chi connectivity index (χ1v) is 6.22. The molecule has 0 amide bonds. The molecule has 1 aromatic carbocycles. The number of hydrogen-bond acceptors (Lipinski definition) is 3. The highest BCUT2D eigenvalue weighted by atomic mass is 19.1. The van der Waals surface area contributed by atoms with Crippen molar-refractivity contribution >= 4 is 16.6 Å². The number of nitrogen functional groups attached to an aromatic ring is 1. The van der Waals surface area contributed by atoms with Crippen LogP contribution in [0, 0.1) is 12.7 Å². The molecule has 96 valence electrons. The molecule has 1 aromatic heterocycles. The lowest BCUT2D eigenvalue weighted by molar-refractivity contribution is -0.0369. The van der Waals surface area contributed by atoms with Gasteiger partial charge in [0.2, 0.25) is 0 Å². The van der Waals surface area contributed by atoms with Crippen LogP contribution in [0.15, 0.2) is 12.3 Å². The Hall–Kier alpha value is -1.62. The number of nitrogens with zero attached hydrogens (tertiary/aromatic N) is 2. The fourth-order valence-corrected chi connectivity index (χ4v) is 2.48. The lowest BCUT2D eigenvalue weighted by Crippen LogP contribution is -2.19. The highest BCUT2D eigenvalue weighted by Crippen LogP contribution is 2.31. The molecule has 0 aliphatic carbocycles. The Bertz CT molecular complexity index is 587. The van der Waals surface area contributed by atoms with Crippen molar-refractivity contribution in [2.45, 2.75) is 32.4 Å². The number of ether oxygens (including phenoxy) is 1. The van der Waals surface area contributed by atoms with Gasteiger partial charge in [0, 0.05) is 17.7 Å². The van der Waals surface area contributed by atoms with Crippen LogP contribution in [0.2, 0.25) is 0 Å². The maximum absolute atomic E-state index is 14.1. The number of aromatic nitrogens is 2. The zero-order valence-electron chi connectivity index (χ0n) is 10.3. The molecule has 0 radical (unpaired) electrons. The van der Waals surface area contributed by atoms with Crippen molar-refractivity contribution < 1.29 is 9.13 Å². The topological polar surface area (TPSA) is 53.1 Å². The molecule has 18 heavy (non-hydrogen) atoms. The van der Waals surface area contributed by atoms with E-state index in [1.807, 2.05) is 0 Å². The molecule has 2 aromatic rings. The Morgan fingerprint density at radius 3 is 3.06 bits per heavy atom. The lowest BCUT2D eigenvalue weighted by Gasteiger charge is -2.23. The van der Waals surface area contributed by atoms with E-state index in [0.717, 1.165) is 24.8 Å². The van der Waals surface area contributed by atoms with Gasteiger partial charge in [0.05, 0.1) is 6.20 Å². The van der Waals surface area contributed by atoms with E-state index in [-0.39, 0.29) is 12.0 Å². The first kappa shape index (κ1) is 11.5. The van der Waals surface area contributed by atoms with Crippen molar-refractivity contribution in [1.82, 2.24) is 9.78 Å². The predicted molar refractivity (Wildman–Crippen MR) is 67.7 cm³/mol. The van der Waals surface area contributed by atoms with Crippen LogP contribution < -0.4 is 5.73 Å². The van der Waals surface area contributed by atoms with Crippen LogP contribution in [0.5, 0.6) is 0 Å². The molecule has 0 spiro atoms. The first-order chi connectivity index (χ1) is 8.68. The van der Waals surface area contributed by atoms with Crippen LogP contribution in [-0.4, -0.2) is 16.4 Å². The van der Waals surface area contributed by atoms with E-state index >= 15 is 0 Å². The highest BCUT2D eigenvalue weighted by molar-refractivity contribution is 5.92. The predicted octanol–water partition coefficient (Wildman–Crippen LogP) is 2.77. The summed E-state index contributed by atoms with van der Waals surface area (Å²) in [6.07, 6.45) is 4.45. The Balaban J connectivity index is 2.16. The van der Waals surface area contributed by atoms with E-state index in [1.165, 1.54) is 6.07 Å². The lowest BCUT2D eigenvalue weighted by atomic mass is 10.1. The van der Waals surface area contributed by atoms with Gasteiger partial charge in [-0.15, -0.1) is 0 Å². The van der Waals surface area contributed by atoms with Gasteiger partial charge in [0.15, 0.2) is 6.23 Å². The monoisotopic (exact) mass is 249 g/mol. The average molecular weight is 249 g/mol. The third-order valence-corrected chi connectivity index (χ3v) is 3.51. The number of aryl methyl sites for hydroxylation is 1. The molecule has 0 bridgehead atoms. The van der Waals surface area contributed by atoms with Crippen molar-refractivity contribution in [2.24, 2.45) is 0 Å². The third-order valence-electron chi connectivity index (χ3n) is 3.51. The van der Waals surface area contributed by atoms with Gasteiger partial charge in [-0.05, 0) is 37.8 Å². The number of rotatable bonds is 1. The molecule has 5 heteroatoms. The van der Waals surface area contributed by atoms with Crippen molar-refractivity contribution in [3.05, 3.63) is 23.6 Å². The average Bonchev–Trinajstić information content (AvgIpc) is 2.82. The molecular weight excluding hydrogens is 233 g/mol. The minimum atomic E-state index is -0.289. The minimum Gasteiger partial charge on any atom is -0.398 e. The van der Waals surface area contributed by atoms with Gasteiger partial charge >= 0.3 is 0 Å². The van der Waals surface area contributed by atoms with E-state index in [0.29, 0.717) is 23.2 Å². The molecule has 0 saturated carbocycles. The summed E-state index contributed by atoms with van der Waals surface area (Å²) in [4.78, 5) is 0. The van der Waals surface area contributed by atoms with E-state index in [1.54, 1.807) is 17.8 Å². The molecule has 1 unspecified atom stereocenters. The van der Waals surface area contributed by atoms with Gasteiger partial charge in [-0.2, -0.15) is 5.10 Å². The number of nitrogens with two attached hydrogens (primary N) is 1. The van der Waals surface area contributed by atoms with Crippen LogP contribution >= 0.6 is 0 Å². The summed E-state index contributed by atoms with van der Waals surface area (Å²) in [7, 11) is 0. The van der Waals surface area contributed by atoms with Crippen LogP contribution in [0.25, 0.3) is 10.9 Å². The smallest absolute Gasteiger partial charge is 0.150 e. The summed E-state index contributed by atoms with van der Waals surface area (Å²) < 4.78 is 21.4. The van der Waals surface area contributed by atoms with Gasteiger partial charge in [-0.3, -0.25) is 0 Å². The zero-order valence-corrected chi connectivity index (χ0v) is 10.3. The minimum absolute atomic E-state index is 0.173. The number of halogens is 1. The summed E-state index contributed by atoms with van der Waals surface area (Å²) >= 11 is 0. The van der Waals surface area contributed by atoms with Crippen molar-refractivity contribution in [3.63, 3.8) is 0 Å². The second kappa shape index (κ2) is 4.24. The number of benzene rings is 1. The first-order valence-electron chi connectivity index (χ1n) is 6.22. The Kier molecular flexibility index (Phi) is 2.70. The summed E-state index contributed by atoms with van der Waals surface area (Å²) in [5.74, 6) is -0.289. The number of hydrogen-bond donors (Lipinski definition) is 1. The molecule has 3 rings (SSSR count). The molecule has 4 nitrogen and oxygen atoms in total. The second-order valence-electron chi connectivity index (χ2n) is 4.76. The maximum Gasteiger partial charge on any atom is 0.150 e. The van der Waals surface area contributed by atoms with E-state index in [4.69, 9.17) is 10.5 Å². The largest absolute Gasteiger partial charge is 0.398 e. The van der Waals surface area contributed by atoms with Gasteiger partial charge in [0.1, 0.15) is 11.3 Å². The summed E-state index contributed by atoms with van der Waals surface area (Å²) in [5, 5.41) is 4.92. The van der Waals surface area contributed by atoms with Crippen LogP contribution in [0.4, 0.5) is 10.1 Å². The number of fused-ring (bicyclic) bond motifs is 1. The molecule has 1 atom stereocenters. The fraction of sp³-hybridized carbons (Fsp3) is 0.462. The van der Waals surface area contributed by atoms with Crippen molar-refractivity contribution in [2.75, 3.05) is 12.3 Å². The molecule has 2 N–H and O–H groups in total. The summed E-state index contributed by atoms with van der Waals surface area (Å²) in [6.45, 7) is 2.50. The molecule has 1 saturated heterocycles. The molecule has 1 aliphatic heterocycles. The van der Waals surface area contributed by atoms with Crippen LogP contribution in [0.1, 0.15) is 31.1 Å². The maximum atomic E-state index is 14.1. The van der Waals surface area contributed by atoms with E-state index in [2.05, 4.69) is 5.10 Å². The Labute approximate surface area is 105 Å². The SMILES string of the molecule is Cc1cc(F)c2c(cnn2C2CCCCO2)c1N. The molecule has 2 heterocycles. The summed E-state index contributed by atoms with van der Waals surface area (Å²) in [6, 6.07) is 1.46. The van der Waals surface area contributed by atoms with Gasteiger partial charge < -0.3 is 10.5 Å². The van der Waals surface area contributed by atoms with E-state index in [9.17, 15) is 4.39 Å². The van der Waals surface area contributed by atoms with Crippen molar-refractivity contribution in [1.29, 1.82) is 0 Å². The quantitative estimate of drug-likeness (QED) is 0.791. The van der Waals surface area contributed by atoms with Gasteiger partial charge in [-0.25, -0.2) is 9.07 Å². The number of anilines is 1. The third kappa shape index (κ3) is 1.66. The van der Waals surface area contributed by atoms with Crippen LogP contribution in [-0.2, 0) is 4.74 Å². The molecule has 1 aliphatic rings.